The number of carbonyl (C=O) groups is 1. The molecule has 1 unspecified atom stereocenters. The molecule has 1 amide bonds. The lowest BCUT2D eigenvalue weighted by atomic mass is 9.85. The van der Waals surface area contributed by atoms with E-state index in [4.69, 9.17) is 0 Å². The van der Waals surface area contributed by atoms with E-state index in [2.05, 4.69) is 29.9 Å². The van der Waals surface area contributed by atoms with Gasteiger partial charge >= 0.3 is 0 Å². The summed E-state index contributed by atoms with van der Waals surface area (Å²) in [7, 11) is 0. The highest BCUT2D eigenvalue weighted by molar-refractivity contribution is 5.78. The smallest absolute Gasteiger partial charge is 0.226 e. The van der Waals surface area contributed by atoms with Gasteiger partial charge in [0.05, 0.1) is 12.1 Å². The lowest BCUT2D eigenvalue weighted by Crippen LogP contribution is -2.32. The molecule has 0 aliphatic heterocycles. The van der Waals surface area contributed by atoms with Crippen LogP contribution in [0, 0.1) is 30.1 Å². The molecule has 3 atom stereocenters. The average molecular weight is 337 g/mol. The Hall–Kier alpha value is -2.10. The summed E-state index contributed by atoms with van der Waals surface area (Å²) in [5.41, 5.74) is 3.49. The zero-order chi connectivity index (χ0) is 17.6. The van der Waals surface area contributed by atoms with Gasteiger partial charge in [0.2, 0.25) is 5.91 Å². The van der Waals surface area contributed by atoms with E-state index in [1.807, 2.05) is 35.9 Å². The minimum atomic E-state index is 0.0856. The Kier molecular flexibility index (Phi) is 3.94. The maximum atomic E-state index is 12.5. The zero-order valence-corrected chi connectivity index (χ0v) is 15.2. The van der Waals surface area contributed by atoms with Crippen LogP contribution in [0.15, 0.2) is 37.2 Å². The van der Waals surface area contributed by atoms with E-state index in [-0.39, 0.29) is 5.91 Å². The molecule has 2 fully saturated rings. The van der Waals surface area contributed by atoms with E-state index >= 15 is 0 Å². The fourth-order valence-electron chi connectivity index (χ4n) is 4.94. The average Bonchev–Trinajstić information content (AvgIpc) is 3.23. The van der Waals surface area contributed by atoms with Gasteiger partial charge in [0.15, 0.2) is 0 Å². The number of aromatic nitrogens is 2. The maximum Gasteiger partial charge on any atom is 0.226 e. The number of hydrogen-bond acceptors (Lipinski definition) is 2. The predicted molar refractivity (Wildman–Crippen MR) is 99.3 cm³/mol. The number of amides is 1. The van der Waals surface area contributed by atoms with Gasteiger partial charge in [-0.25, -0.2) is 4.98 Å². The van der Waals surface area contributed by atoms with Gasteiger partial charge in [-0.1, -0.05) is 19.1 Å². The lowest BCUT2D eigenvalue weighted by molar-refractivity contribution is -0.120. The molecular weight excluding hydrogens is 310 g/mol. The second-order valence-electron chi connectivity index (χ2n) is 7.98. The molecular formula is C21H27N3O. The molecule has 132 valence electrons. The molecule has 2 heterocycles. The van der Waals surface area contributed by atoms with Gasteiger partial charge in [-0.3, -0.25) is 4.79 Å². The fraction of sp³-hybridized carbons (Fsp3) is 0.524. The number of pyridine rings is 1. The number of carbonyl (C=O) groups excluding carboxylic acids is 1. The Morgan fingerprint density at radius 3 is 3.00 bits per heavy atom. The third-order valence-corrected chi connectivity index (χ3v) is 6.73. The molecule has 4 nitrogen and oxygen atoms in total. The minimum Gasteiger partial charge on any atom is -0.355 e. The van der Waals surface area contributed by atoms with Crippen molar-refractivity contribution in [1.82, 2.24) is 14.7 Å². The molecule has 0 aromatic carbocycles. The molecule has 2 aliphatic rings. The molecule has 2 aromatic rings. The molecule has 0 bridgehead atoms. The van der Waals surface area contributed by atoms with Crippen LogP contribution < -0.4 is 5.32 Å². The number of aryl methyl sites for hydroxylation is 1. The second kappa shape index (κ2) is 6.01. The maximum absolute atomic E-state index is 12.5. The number of nitrogens with one attached hydrogen (secondary N) is 1. The van der Waals surface area contributed by atoms with Gasteiger partial charge < -0.3 is 9.72 Å². The van der Waals surface area contributed by atoms with Crippen molar-refractivity contribution in [1.29, 1.82) is 0 Å². The van der Waals surface area contributed by atoms with Crippen LogP contribution in [-0.2, 0) is 11.2 Å². The molecule has 2 saturated carbocycles. The van der Waals surface area contributed by atoms with Crippen LogP contribution >= 0.6 is 0 Å². The Bertz CT molecular complexity index is 818. The normalized spacial score (nSPS) is 26.9. The Labute approximate surface area is 149 Å². The summed E-state index contributed by atoms with van der Waals surface area (Å²) < 4.78 is 2.01. The number of imidazole rings is 1. The predicted octanol–water partition coefficient (Wildman–Crippen LogP) is 3.54. The van der Waals surface area contributed by atoms with E-state index in [1.165, 1.54) is 19.3 Å². The number of nitrogens with zero attached hydrogens (tertiary/aromatic N) is 2. The molecule has 1 N–H and O–H groups in total. The summed E-state index contributed by atoms with van der Waals surface area (Å²) >= 11 is 0. The van der Waals surface area contributed by atoms with Crippen molar-refractivity contribution < 1.29 is 4.79 Å². The molecule has 0 radical (unpaired) electrons. The van der Waals surface area contributed by atoms with Crippen LogP contribution in [0.5, 0.6) is 0 Å². The third kappa shape index (κ3) is 2.68. The molecule has 1 spiro atoms. The lowest BCUT2D eigenvalue weighted by Gasteiger charge is -2.21. The first-order chi connectivity index (χ1) is 12.0. The molecule has 0 saturated heterocycles. The first-order valence-corrected chi connectivity index (χ1v) is 9.36. The summed E-state index contributed by atoms with van der Waals surface area (Å²) in [5.74, 6) is 1.96. The Morgan fingerprint density at radius 2 is 2.32 bits per heavy atom. The summed E-state index contributed by atoms with van der Waals surface area (Å²) in [6, 6.07) is 4.04. The monoisotopic (exact) mass is 337 g/mol. The van der Waals surface area contributed by atoms with Gasteiger partial charge in [-0.05, 0) is 61.0 Å². The summed E-state index contributed by atoms with van der Waals surface area (Å²) in [5, 5.41) is 3.17. The highest BCUT2D eigenvalue weighted by Crippen LogP contribution is 2.66. The van der Waals surface area contributed by atoms with Crippen molar-refractivity contribution in [2.45, 2.75) is 39.5 Å². The second-order valence-corrected chi connectivity index (χ2v) is 7.98. The first-order valence-electron chi connectivity index (χ1n) is 9.36. The van der Waals surface area contributed by atoms with Crippen LogP contribution in [0.25, 0.3) is 5.65 Å². The summed E-state index contributed by atoms with van der Waals surface area (Å²) in [6.45, 7) is 9.21. The van der Waals surface area contributed by atoms with Crippen LogP contribution in [0.3, 0.4) is 0 Å². The van der Waals surface area contributed by atoms with Crippen molar-refractivity contribution in [2.24, 2.45) is 23.2 Å². The van der Waals surface area contributed by atoms with Crippen molar-refractivity contribution in [3.8, 4) is 0 Å². The molecule has 4 heteroatoms. The Balaban J connectivity index is 1.38. The first kappa shape index (κ1) is 16.4. The van der Waals surface area contributed by atoms with Gasteiger partial charge in [-0.2, -0.15) is 0 Å². The minimum absolute atomic E-state index is 0.0856. The number of allylic oxidation sites excluding steroid dienone is 1. The van der Waals surface area contributed by atoms with Crippen LogP contribution in [0.2, 0.25) is 0 Å². The summed E-state index contributed by atoms with van der Waals surface area (Å²) in [6.07, 6.45) is 10.1. The quantitative estimate of drug-likeness (QED) is 0.848. The van der Waals surface area contributed by atoms with Crippen LogP contribution in [0.4, 0.5) is 0 Å². The van der Waals surface area contributed by atoms with E-state index in [0.29, 0.717) is 29.6 Å². The van der Waals surface area contributed by atoms with Gasteiger partial charge in [0.25, 0.3) is 0 Å². The number of hydrogen-bond donors (Lipinski definition) is 1. The zero-order valence-electron chi connectivity index (χ0n) is 15.2. The highest BCUT2D eigenvalue weighted by atomic mass is 16.1. The molecule has 2 aromatic heterocycles. The van der Waals surface area contributed by atoms with Gasteiger partial charge in [0, 0.05) is 18.9 Å². The van der Waals surface area contributed by atoms with Crippen molar-refractivity contribution in [2.75, 3.05) is 6.54 Å². The van der Waals surface area contributed by atoms with E-state index in [0.717, 1.165) is 23.4 Å². The fourth-order valence-corrected chi connectivity index (χ4v) is 4.94. The topological polar surface area (TPSA) is 46.4 Å². The number of fused-ring (bicyclic) bond motifs is 1. The van der Waals surface area contributed by atoms with Crippen molar-refractivity contribution in [3.05, 3.63) is 48.4 Å². The molecule has 2 aliphatic carbocycles. The van der Waals surface area contributed by atoms with Gasteiger partial charge in [-0.15, -0.1) is 6.58 Å². The van der Waals surface area contributed by atoms with E-state index in [1.54, 1.807) is 0 Å². The largest absolute Gasteiger partial charge is 0.355 e. The standard InChI is InChI=1S/C21H27N3O/c1-4-17-10-16(15(3)21(17)7-8-21)12-22-19(25)11-18-13-23-20-14(2)6-5-9-24(18)20/h4-6,9,13,15-17H,1,7-8,10-12H2,2-3H3,(H,22,25)/t15-,16+,17?/m0/s1. The van der Waals surface area contributed by atoms with Crippen molar-refractivity contribution in [3.63, 3.8) is 0 Å². The molecule has 4 rings (SSSR count). The summed E-state index contributed by atoms with van der Waals surface area (Å²) in [4.78, 5) is 16.9. The van der Waals surface area contributed by atoms with E-state index < -0.39 is 0 Å². The Morgan fingerprint density at radius 1 is 1.52 bits per heavy atom. The molecule has 25 heavy (non-hydrogen) atoms. The SMILES string of the molecule is C=CC1C[C@H](CNC(=O)Cc2cnc3c(C)cccn23)[C@H](C)C12CC2. The third-order valence-electron chi connectivity index (χ3n) is 6.73. The number of rotatable bonds is 5. The highest BCUT2D eigenvalue weighted by Gasteiger charge is 2.58. The van der Waals surface area contributed by atoms with Crippen LogP contribution in [-0.4, -0.2) is 21.8 Å². The van der Waals surface area contributed by atoms with Crippen molar-refractivity contribution >= 4 is 11.6 Å². The van der Waals surface area contributed by atoms with Crippen LogP contribution in [0.1, 0.15) is 37.4 Å². The van der Waals surface area contributed by atoms with E-state index in [9.17, 15) is 4.79 Å². The van der Waals surface area contributed by atoms with Gasteiger partial charge in [0.1, 0.15) is 5.65 Å².